The maximum Gasteiger partial charge on any atom is 0.261 e. The number of aryl methyl sites for hydroxylation is 1. The van der Waals surface area contributed by atoms with Crippen LogP contribution in [0.1, 0.15) is 31.4 Å². The van der Waals surface area contributed by atoms with Crippen molar-refractivity contribution in [1.82, 2.24) is 10.2 Å². The van der Waals surface area contributed by atoms with E-state index in [1.807, 2.05) is 38.1 Å². The van der Waals surface area contributed by atoms with Crippen LogP contribution < -0.4 is 19.5 Å². The van der Waals surface area contributed by atoms with E-state index in [1.54, 1.807) is 39.3 Å². The van der Waals surface area contributed by atoms with Crippen LogP contribution in [0.15, 0.2) is 42.5 Å². The molecule has 0 bridgehead atoms. The Morgan fingerprint density at radius 3 is 2.13 bits per heavy atom. The topological polar surface area (TPSA) is 77.1 Å². The van der Waals surface area contributed by atoms with Crippen LogP contribution in [-0.4, -0.2) is 50.1 Å². The van der Waals surface area contributed by atoms with Gasteiger partial charge in [-0.1, -0.05) is 36.8 Å². The zero-order valence-corrected chi connectivity index (χ0v) is 18.9. The molecular formula is C24H32N2O5. The fourth-order valence-corrected chi connectivity index (χ4v) is 2.96. The molecule has 0 saturated carbocycles. The maximum atomic E-state index is 13.1. The van der Waals surface area contributed by atoms with Gasteiger partial charge in [0.05, 0.1) is 14.2 Å². The van der Waals surface area contributed by atoms with Gasteiger partial charge in [0, 0.05) is 31.3 Å². The van der Waals surface area contributed by atoms with Crippen LogP contribution in [0, 0.1) is 6.92 Å². The molecule has 0 aliphatic carbocycles. The molecule has 168 valence electrons. The average Bonchev–Trinajstić information content (AvgIpc) is 2.79. The third-order valence-corrected chi connectivity index (χ3v) is 4.88. The highest BCUT2D eigenvalue weighted by Gasteiger charge is 2.26. The van der Waals surface area contributed by atoms with Crippen LogP contribution in [0.25, 0.3) is 0 Å². The smallest absolute Gasteiger partial charge is 0.261 e. The Labute approximate surface area is 184 Å². The lowest BCUT2D eigenvalue weighted by atomic mass is 10.1. The molecule has 0 fully saturated rings. The number of carbonyl (C=O) groups is 2. The van der Waals surface area contributed by atoms with Crippen molar-refractivity contribution >= 4 is 11.8 Å². The summed E-state index contributed by atoms with van der Waals surface area (Å²) in [5, 5.41) is 2.86. The molecule has 0 saturated heterocycles. The number of methoxy groups -OCH3 is 2. The van der Waals surface area contributed by atoms with E-state index in [2.05, 4.69) is 5.32 Å². The molecule has 0 radical (unpaired) electrons. The first-order valence-electron chi connectivity index (χ1n) is 10.4. The summed E-state index contributed by atoms with van der Waals surface area (Å²) in [6.07, 6.45) is 0.825. The van der Waals surface area contributed by atoms with Crippen molar-refractivity contribution in [2.24, 2.45) is 0 Å². The number of hydrogen-bond donors (Lipinski definition) is 1. The van der Waals surface area contributed by atoms with Crippen LogP contribution in [0.2, 0.25) is 0 Å². The molecule has 0 aliphatic heterocycles. The maximum absolute atomic E-state index is 13.1. The minimum Gasteiger partial charge on any atom is -0.496 e. The van der Waals surface area contributed by atoms with E-state index >= 15 is 0 Å². The Balaban J connectivity index is 2.16. The van der Waals surface area contributed by atoms with Gasteiger partial charge in [0.15, 0.2) is 6.61 Å². The van der Waals surface area contributed by atoms with E-state index in [4.69, 9.17) is 14.2 Å². The Kier molecular flexibility index (Phi) is 9.18. The van der Waals surface area contributed by atoms with Gasteiger partial charge in [-0.3, -0.25) is 9.59 Å². The molecular weight excluding hydrogens is 396 g/mol. The summed E-state index contributed by atoms with van der Waals surface area (Å²) in [4.78, 5) is 27.2. The van der Waals surface area contributed by atoms with E-state index in [0.717, 1.165) is 17.5 Å². The quantitative estimate of drug-likeness (QED) is 0.594. The molecule has 2 aromatic carbocycles. The van der Waals surface area contributed by atoms with Gasteiger partial charge in [-0.25, -0.2) is 0 Å². The molecule has 7 nitrogen and oxygen atoms in total. The van der Waals surface area contributed by atoms with Gasteiger partial charge in [0.2, 0.25) is 5.91 Å². The van der Waals surface area contributed by atoms with Crippen LogP contribution >= 0.6 is 0 Å². The molecule has 0 unspecified atom stereocenters. The highest BCUT2D eigenvalue weighted by molar-refractivity contribution is 5.87. The standard InChI is InChI=1S/C24H32N2O5/c1-6-11-25-24(28)18(3)26(15-19-9-7-17(2)8-10-19)23(27)16-31-22-13-20(29-4)12-21(14-22)30-5/h7-10,12-14,18H,6,11,15-16H2,1-5H3,(H,25,28)/t18-/m0/s1. The third kappa shape index (κ3) is 7.20. The first kappa shape index (κ1) is 24.1. The minimum atomic E-state index is -0.635. The van der Waals surface area contributed by atoms with E-state index in [1.165, 1.54) is 4.90 Å². The molecule has 0 heterocycles. The molecule has 31 heavy (non-hydrogen) atoms. The summed E-state index contributed by atoms with van der Waals surface area (Å²) < 4.78 is 16.2. The number of benzene rings is 2. The Bertz CT molecular complexity index is 845. The van der Waals surface area contributed by atoms with Crippen LogP contribution in [0.5, 0.6) is 17.2 Å². The normalized spacial score (nSPS) is 11.4. The monoisotopic (exact) mass is 428 g/mol. The Morgan fingerprint density at radius 2 is 1.58 bits per heavy atom. The highest BCUT2D eigenvalue weighted by atomic mass is 16.5. The summed E-state index contributed by atoms with van der Waals surface area (Å²) in [6, 6.07) is 12.3. The number of ether oxygens (including phenoxy) is 3. The number of rotatable bonds is 11. The summed E-state index contributed by atoms with van der Waals surface area (Å²) in [5.74, 6) is 1.09. The van der Waals surface area contributed by atoms with Crippen molar-refractivity contribution in [3.63, 3.8) is 0 Å². The van der Waals surface area contributed by atoms with Crippen molar-refractivity contribution < 1.29 is 23.8 Å². The van der Waals surface area contributed by atoms with E-state index in [9.17, 15) is 9.59 Å². The van der Waals surface area contributed by atoms with E-state index < -0.39 is 6.04 Å². The van der Waals surface area contributed by atoms with Gasteiger partial charge in [0.1, 0.15) is 23.3 Å². The summed E-state index contributed by atoms with van der Waals surface area (Å²) in [5.41, 5.74) is 2.07. The Hall–Kier alpha value is -3.22. The minimum absolute atomic E-state index is 0.189. The Morgan fingerprint density at radius 1 is 1.00 bits per heavy atom. The molecule has 1 atom stereocenters. The zero-order chi connectivity index (χ0) is 22.8. The number of carbonyl (C=O) groups excluding carboxylic acids is 2. The van der Waals surface area contributed by atoms with Crippen LogP contribution in [-0.2, 0) is 16.1 Å². The van der Waals surface area contributed by atoms with Gasteiger partial charge in [-0.05, 0) is 25.8 Å². The van der Waals surface area contributed by atoms with Gasteiger partial charge in [-0.15, -0.1) is 0 Å². The predicted molar refractivity (Wildman–Crippen MR) is 120 cm³/mol. The first-order valence-corrected chi connectivity index (χ1v) is 10.4. The number of amides is 2. The molecule has 0 aromatic heterocycles. The number of nitrogens with one attached hydrogen (secondary N) is 1. The lowest BCUT2D eigenvalue weighted by Crippen LogP contribution is -2.49. The molecule has 2 aromatic rings. The summed E-state index contributed by atoms with van der Waals surface area (Å²) >= 11 is 0. The first-order chi connectivity index (χ1) is 14.9. The largest absolute Gasteiger partial charge is 0.496 e. The highest BCUT2D eigenvalue weighted by Crippen LogP contribution is 2.27. The second-order valence-electron chi connectivity index (χ2n) is 7.31. The van der Waals surface area contributed by atoms with Gasteiger partial charge in [-0.2, -0.15) is 0 Å². The van der Waals surface area contributed by atoms with Crippen molar-refractivity contribution in [3.8, 4) is 17.2 Å². The van der Waals surface area contributed by atoms with E-state index in [-0.39, 0.29) is 18.4 Å². The van der Waals surface area contributed by atoms with Gasteiger partial charge >= 0.3 is 0 Å². The van der Waals surface area contributed by atoms with Gasteiger partial charge < -0.3 is 24.4 Å². The lowest BCUT2D eigenvalue weighted by molar-refractivity contribution is -0.142. The summed E-state index contributed by atoms with van der Waals surface area (Å²) in [7, 11) is 3.09. The zero-order valence-electron chi connectivity index (χ0n) is 18.9. The van der Waals surface area contributed by atoms with Crippen molar-refractivity contribution in [2.75, 3.05) is 27.4 Å². The van der Waals surface area contributed by atoms with Crippen molar-refractivity contribution in [2.45, 2.75) is 39.8 Å². The molecule has 2 rings (SSSR count). The molecule has 7 heteroatoms. The van der Waals surface area contributed by atoms with Crippen molar-refractivity contribution in [1.29, 1.82) is 0 Å². The second-order valence-corrected chi connectivity index (χ2v) is 7.31. The average molecular weight is 429 g/mol. The predicted octanol–water partition coefficient (Wildman–Crippen LogP) is 3.33. The summed E-state index contributed by atoms with van der Waals surface area (Å²) in [6.45, 7) is 6.37. The number of hydrogen-bond acceptors (Lipinski definition) is 5. The SMILES string of the molecule is CCCNC(=O)[C@H](C)N(Cc1ccc(C)cc1)C(=O)COc1cc(OC)cc(OC)c1. The fourth-order valence-electron chi connectivity index (χ4n) is 2.96. The second kappa shape index (κ2) is 11.8. The fraction of sp³-hybridized carbons (Fsp3) is 0.417. The van der Waals surface area contributed by atoms with Crippen LogP contribution in [0.3, 0.4) is 0 Å². The third-order valence-electron chi connectivity index (χ3n) is 4.88. The lowest BCUT2D eigenvalue weighted by Gasteiger charge is -2.28. The molecule has 1 N–H and O–H groups in total. The number of nitrogens with zero attached hydrogens (tertiary/aromatic N) is 1. The molecule has 2 amide bonds. The van der Waals surface area contributed by atoms with Crippen molar-refractivity contribution in [3.05, 3.63) is 53.6 Å². The van der Waals surface area contributed by atoms with E-state index in [0.29, 0.717) is 30.3 Å². The molecule has 0 spiro atoms. The van der Waals surface area contributed by atoms with Crippen LogP contribution in [0.4, 0.5) is 0 Å². The van der Waals surface area contributed by atoms with Gasteiger partial charge in [0.25, 0.3) is 5.91 Å². The molecule has 0 aliphatic rings.